The molecule has 0 spiro atoms. The van der Waals surface area contributed by atoms with Gasteiger partial charge in [-0.2, -0.15) is 0 Å². The van der Waals surface area contributed by atoms with Crippen molar-refractivity contribution in [1.29, 1.82) is 0 Å². The highest BCUT2D eigenvalue weighted by Crippen LogP contribution is 2.88. The SMILES string of the molecule is Nc1ccc(S(OP(=O)(OS(c2ccccc2)(c2ccc(N)cc2)c2ccc(N)cc2)OS(c2ccccc2)(c2ccc(N)cc2)c2ccc(N)cc2)(c2ccccc2)c2ccc(N)cc2)cc1. The molecular formula is C54H51N6O4PS3. The molecule has 0 fully saturated rings. The summed E-state index contributed by atoms with van der Waals surface area (Å²) >= 11 is 0. The largest absolute Gasteiger partial charge is 0.506 e. The zero-order valence-corrected chi connectivity index (χ0v) is 40.1. The molecule has 0 saturated heterocycles. The van der Waals surface area contributed by atoms with Gasteiger partial charge in [-0.3, -0.25) is 0 Å². The van der Waals surface area contributed by atoms with E-state index in [0.717, 1.165) is 0 Å². The van der Waals surface area contributed by atoms with Gasteiger partial charge in [0.25, 0.3) is 0 Å². The van der Waals surface area contributed by atoms with Crippen LogP contribution < -0.4 is 34.4 Å². The first-order chi connectivity index (χ1) is 32.9. The number of hydrogen-bond acceptors (Lipinski definition) is 10. The first-order valence-electron chi connectivity index (χ1n) is 21.5. The van der Waals surface area contributed by atoms with Crippen molar-refractivity contribution in [3.8, 4) is 0 Å². The molecule has 344 valence electrons. The molecular weight excluding hydrogens is 924 g/mol. The maximum atomic E-state index is 18.1. The second kappa shape index (κ2) is 19.3. The van der Waals surface area contributed by atoms with E-state index in [2.05, 4.69) is 0 Å². The van der Waals surface area contributed by atoms with Gasteiger partial charge < -0.3 is 34.4 Å². The van der Waals surface area contributed by atoms with Crippen molar-refractivity contribution in [1.82, 2.24) is 0 Å². The first-order valence-corrected chi connectivity index (χ1v) is 27.6. The molecule has 0 aliphatic rings. The summed E-state index contributed by atoms with van der Waals surface area (Å²) in [5, 5.41) is 0. The normalized spacial score (nSPS) is 12.8. The van der Waals surface area contributed by atoms with Crippen LogP contribution in [-0.2, 0) is 16.5 Å². The van der Waals surface area contributed by atoms with E-state index in [4.69, 9.17) is 46.3 Å². The third kappa shape index (κ3) is 8.92. The third-order valence-electron chi connectivity index (χ3n) is 11.1. The summed E-state index contributed by atoms with van der Waals surface area (Å²) in [6.07, 6.45) is 0. The number of anilines is 6. The van der Waals surface area contributed by atoms with Crippen molar-refractivity contribution in [3.63, 3.8) is 0 Å². The van der Waals surface area contributed by atoms with Crippen LogP contribution >= 0.6 is 38.7 Å². The Morgan fingerprint density at radius 1 is 0.235 bits per heavy atom. The van der Waals surface area contributed by atoms with Crippen molar-refractivity contribution in [2.24, 2.45) is 0 Å². The molecule has 10 nitrogen and oxygen atoms in total. The van der Waals surface area contributed by atoms with Gasteiger partial charge in [0.15, 0.2) is 0 Å². The number of phosphoric acid groups is 1. The Morgan fingerprint density at radius 3 is 0.544 bits per heavy atom. The van der Waals surface area contributed by atoms with Crippen LogP contribution in [0.25, 0.3) is 0 Å². The Kier molecular flexibility index (Phi) is 13.1. The van der Waals surface area contributed by atoms with Gasteiger partial charge in [-0.1, -0.05) is 54.6 Å². The molecule has 12 N–H and O–H groups in total. The molecule has 9 aromatic rings. The van der Waals surface area contributed by atoms with E-state index in [1.807, 2.05) is 164 Å². The molecule has 9 rings (SSSR count). The van der Waals surface area contributed by atoms with E-state index in [1.165, 1.54) is 0 Å². The predicted molar refractivity (Wildman–Crippen MR) is 282 cm³/mol. The lowest BCUT2D eigenvalue weighted by molar-refractivity contribution is 0.333. The molecule has 0 heterocycles. The minimum Gasteiger partial charge on any atom is -0.399 e. The Morgan fingerprint density at radius 2 is 0.382 bits per heavy atom. The Hall–Kier alpha value is -7.06. The average Bonchev–Trinajstić information content (AvgIpc) is 3.37. The Balaban J connectivity index is 1.45. The van der Waals surface area contributed by atoms with E-state index in [1.54, 1.807) is 72.8 Å². The molecule has 0 atom stereocenters. The molecule has 0 unspecified atom stereocenters. The van der Waals surface area contributed by atoms with Crippen molar-refractivity contribution in [2.45, 2.75) is 44.1 Å². The van der Waals surface area contributed by atoms with Crippen molar-refractivity contribution < 1.29 is 16.5 Å². The summed E-state index contributed by atoms with van der Waals surface area (Å²) in [5.74, 6) is 0. The second-order valence-electron chi connectivity index (χ2n) is 15.7. The highest BCUT2D eigenvalue weighted by Gasteiger charge is 2.53. The highest BCUT2D eigenvalue weighted by atomic mass is 32.3. The fraction of sp³-hybridized carbons (Fsp3) is 0. The lowest BCUT2D eigenvalue weighted by atomic mass is 10.3. The van der Waals surface area contributed by atoms with Crippen LogP contribution in [0.4, 0.5) is 34.1 Å². The predicted octanol–water partition coefficient (Wildman–Crippen LogP) is 14.3. The standard InChI is InChI=1S/C54H51N6O4PS3/c55-40-16-28-49(29-17-40)66(46-10-4-1-5-11-46,50-30-18-41(56)19-31-50)62-65(61,63-67(47-12-6-2-7-13-47,51-32-20-42(57)21-33-51)52-34-22-43(58)23-35-52)64-68(48-14-8-3-9-15-48,53-36-24-44(59)25-37-53)54-38-26-45(60)27-39-54/h1-39H,55-60H2. The van der Waals surface area contributed by atoms with E-state index >= 15 is 4.57 Å². The molecule has 0 amide bonds. The Bertz CT molecular complexity index is 2680. The number of nitrogen functional groups attached to an aromatic ring is 6. The smallest absolute Gasteiger partial charge is 0.399 e. The molecule has 68 heavy (non-hydrogen) atoms. The maximum absolute atomic E-state index is 18.1. The summed E-state index contributed by atoms with van der Waals surface area (Å²) in [7, 11) is -14.7. The molecule has 14 heteroatoms. The van der Waals surface area contributed by atoms with Gasteiger partial charge in [0.05, 0.1) is 0 Å². The van der Waals surface area contributed by atoms with Crippen molar-refractivity contribution in [2.75, 3.05) is 34.4 Å². The molecule has 0 saturated carbocycles. The minimum atomic E-state index is -5.22. The minimum absolute atomic E-state index is 0.529. The van der Waals surface area contributed by atoms with Crippen LogP contribution in [0, 0.1) is 0 Å². The van der Waals surface area contributed by atoms with Gasteiger partial charge >= 0.3 is 7.82 Å². The molecule has 0 aliphatic heterocycles. The zero-order valence-electron chi connectivity index (χ0n) is 36.8. The summed E-state index contributed by atoms with van der Waals surface area (Å²) in [6.45, 7) is 0. The third-order valence-corrected chi connectivity index (χ3v) is 24.4. The van der Waals surface area contributed by atoms with Crippen LogP contribution in [0.2, 0.25) is 0 Å². The maximum Gasteiger partial charge on any atom is 0.506 e. The number of hydrogen-bond donors (Lipinski definition) is 6. The molecule has 0 aliphatic carbocycles. The number of benzene rings is 9. The second-order valence-corrected chi connectivity index (χ2v) is 26.0. The molecule has 0 aromatic heterocycles. The lowest BCUT2D eigenvalue weighted by Crippen LogP contribution is -2.16. The van der Waals surface area contributed by atoms with Gasteiger partial charge in [-0.25, -0.2) is 16.5 Å². The van der Waals surface area contributed by atoms with Gasteiger partial charge in [0.2, 0.25) is 0 Å². The first kappa shape index (κ1) is 46.1. The fourth-order valence-electron chi connectivity index (χ4n) is 7.85. The molecule has 9 aromatic carbocycles. The highest BCUT2D eigenvalue weighted by molar-refractivity contribution is 8.35. The van der Waals surface area contributed by atoms with Gasteiger partial charge in [0, 0.05) is 78.2 Å². The van der Waals surface area contributed by atoms with E-state index < -0.39 is 38.7 Å². The van der Waals surface area contributed by atoms with Crippen LogP contribution in [0.15, 0.2) is 281 Å². The van der Waals surface area contributed by atoms with Crippen LogP contribution in [0.3, 0.4) is 0 Å². The average molecular weight is 975 g/mol. The topological polar surface area (TPSA) is 201 Å². The summed E-state index contributed by atoms with van der Waals surface area (Å²) in [6, 6.07) is 73.4. The molecule has 0 bridgehead atoms. The monoisotopic (exact) mass is 974 g/mol. The van der Waals surface area contributed by atoms with Gasteiger partial charge in [0.1, 0.15) is 0 Å². The summed E-state index contributed by atoms with van der Waals surface area (Å²) in [4.78, 5) is 6.07. The van der Waals surface area contributed by atoms with Crippen molar-refractivity contribution >= 4 is 72.9 Å². The summed E-state index contributed by atoms with van der Waals surface area (Å²) in [5.41, 5.74) is 41.6. The van der Waals surface area contributed by atoms with E-state index in [-0.39, 0.29) is 0 Å². The van der Waals surface area contributed by atoms with Crippen molar-refractivity contribution in [3.05, 3.63) is 237 Å². The lowest BCUT2D eigenvalue weighted by Gasteiger charge is -2.49. The Labute approximate surface area is 402 Å². The van der Waals surface area contributed by atoms with Gasteiger partial charge in [-0.15, -0.1) is 0 Å². The number of nitrogens with two attached hydrogens (primary N) is 6. The van der Waals surface area contributed by atoms with E-state index in [0.29, 0.717) is 78.2 Å². The fourth-order valence-corrected chi connectivity index (χ4v) is 22.4. The van der Waals surface area contributed by atoms with E-state index in [9.17, 15) is 0 Å². The van der Waals surface area contributed by atoms with Gasteiger partial charge in [-0.05, 0) is 213 Å². The van der Waals surface area contributed by atoms with Crippen LogP contribution in [0.5, 0.6) is 0 Å². The number of rotatable bonds is 15. The van der Waals surface area contributed by atoms with Crippen LogP contribution in [-0.4, -0.2) is 0 Å². The quantitative estimate of drug-likeness (QED) is 0.0424. The zero-order chi connectivity index (χ0) is 47.4. The van der Waals surface area contributed by atoms with Crippen LogP contribution in [0.1, 0.15) is 0 Å². The summed E-state index contributed by atoms with van der Waals surface area (Å²) < 4.78 is 41.6. The molecule has 0 radical (unpaired) electrons.